The molecule has 1 aromatic carbocycles. The molecule has 0 radical (unpaired) electrons. The van der Waals surface area contributed by atoms with Gasteiger partial charge in [-0.3, -0.25) is 0 Å². The van der Waals surface area contributed by atoms with E-state index in [4.69, 9.17) is 12.2 Å². The van der Waals surface area contributed by atoms with E-state index < -0.39 is 11.7 Å². The Hall–Kier alpha value is -1.10. The van der Waals surface area contributed by atoms with Crippen molar-refractivity contribution < 1.29 is 13.2 Å². The van der Waals surface area contributed by atoms with Crippen LogP contribution < -0.4 is 0 Å². The lowest BCUT2D eigenvalue weighted by molar-refractivity contribution is -0.137. The van der Waals surface area contributed by atoms with Gasteiger partial charge in [0.05, 0.1) is 5.56 Å². The maximum atomic E-state index is 12.4. The number of halogens is 3. The predicted molar refractivity (Wildman–Crippen MR) is 68.6 cm³/mol. The lowest BCUT2D eigenvalue weighted by atomic mass is 10.1. The molecular weight excluding hydrogens is 259 g/mol. The molecule has 1 saturated heterocycles. The van der Waals surface area contributed by atoms with E-state index >= 15 is 0 Å². The summed E-state index contributed by atoms with van der Waals surface area (Å²) in [5, 5.41) is 0. The van der Waals surface area contributed by atoms with Crippen molar-refractivity contribution in [3.05, 3.63) is 35.4 Å². The molecule has 98 valence electrons. The Bertz CT molecular complexity index is 419. The number of nitrogens with zero attached hydrogens (tertiary/aromatic N) is 1. The molecule has 1 nitrogen and oxygen atoms in total. The molecule has 0 aliphatic carbocycles. The van der Waals surface area contributed by atoms with Gasteiger partial charge in [-0.05, 0) is 31.4 Å². The van der Waals surface area contributed by atoms with Crippen LogP contribution in [0.15, 0.2) is 24.3 Å². The molecule has 1 aliphatic rings. The number of hydrogen-bond acceptors (Lipinski definition) is 1. The largest absolute Gasteiger partial charge is 0.416 e. The summed E-state index contributed by atoms with van der Waals surface area (Å²) < 4.78 is 37.3. The SMILES string of the molecule is FC(F)(F)c1ccc(C(=S)N2CCCCC2)cc1. The van der Waals surface area contributed by atoms with Crippen molar-refractivity contribution in [3.8, 4) is 0 Å². The normalized spacial score (nSPS) is 16.7. The van der Waals surface area contributed by atoms with Crippen LogP contribution in [0.3, 0.4) is 0 Å². The summed E-state index contributed by atoms with van der Waals surface area (Å²) in [4.78, 5) is 2.73. The van der Waals surface area contributed by atoms with E-state index in [-0.39, 0.29) is 0 Å². The minimum absolute atomic E-state index is 0.632. The predicted octanol–water partition coefficient (Wildman–Crippen LogP) is 3.87. The zero-order valence-electron chi connectivity index (χ0n) is 9.83. The third-order valence-electron chi connectivity index (χ3n) is 3.10. The summed E-state index contributed by atoms with van der Waals surface area (Å²) in [6.07, 6.45) is -0.890. The summed E-state index contributed by atoms with van der Waals surface area (Å²) in [5.41, 5.74) is 0.0626. The van der Waals surface area contributed by atoms with Crippen LogP contribution in [0.4, 0.5) is 13.2 Å². The number of likely N-dealkylation sites (tertiary alicyclic amines) is 1. The molecule has 0 unspecified atom stereocenters. The second-order valence-electron chi connectivity index (χ2n) is 4.43. The van der Waals surface area contributed by atoms with Gasteiger partial charge in [0, 0.05) is 18.7 Å². The van der Waals surface area contributed by atoms with E-state index in [0.29, 0.717) is 10.6 Å². The monoisotopic (exact) mass is 273 g/mol. The van der Waals surface area contributed by atoms with Gasteiger partial charge in [-0.2, -0.15) is 13.2 Å². The van der Waals surface area contributed by atoms with Gasteiger partial charge in [0.1, 0.15) is 4.99 Å². The number of rotatable bonds is 1. The van der Waals surface area contributed by atoms with E-state index in [2.05, 4.69) is 4.90 Å². The van der Waals surface area contributed by atoms with Crippen LogP contribution in [0, 0.1) is 0 Å². The summed E-state index contributed by atoms with van der Waals surface area (Å²) >= 11 is 5.32. The highest BCUT2D eigenvalue weighted by atomic mass is 32.1. The molecule has 5 heteroatoms. The molecule has 0 spiro atoms. The Kier molecular flexibility index (Phi) is 3.90. The Labute approximate surface area is 110 Å². The maximum Gasteiger partial charge on any atom is 0.416 e. The smallest absolute Gasteiger partial charge is 0.362 e. The van der Waals surface area contributed by atoms with Gasteiger partial charge in [-0.1, -0.05) is 24.4 Å². The van der Waals surface area contributed by atoms with Crippen LogP contribution in [-0.2, 0) is 6.18 Å². The van der Waals surface area contributed by atoms with Crippen molar-refractivity contribution >= 4 is 17.2 Å². The highest BCUT2D eigenvalue weighted by Crippen LogP contribution is 2.29. The molecule has 1 heterocycles. The molecule has 0 N–H and O–H groups in total. The van der Waals surface area contributed by atoms with E-state index in [0.717, 1.165) is 38.1 Å². The zero-order chi connectivity index (χ0) is 13.2. The van der Waals surface area contributed by atoms with E-state index in [9.17, 15) is 13.2 Å². The van der Waals surface area contributed by atoms with Gasteiger partial charge < -0.3 is 4.90 Å². The third-order valence-corrected chi connectivity index (χ3v) is 3.60. The topological polar surface area (TPSA) is 3.24 Å². The summed E-state index contributed by atoms with van der Waals surface area (Å²) in [6, 6.07) is 5.09. The van der Waals surface area contributed by atoms with Gasteiger partial charge in [-0.25, -0.2) is 0 Å². The summed E-state index contributed by atoms with van der Waals surface area (Å²) in [6.45, 7) is 1.81. The number of piperidine rings is 1. The lowest BCUT2D eigenvalue weighted by Gasteiger charge is -2.29. The molecule has 2 rings (SSSR count). The minimum atomic E-state index is -4.29. The van der Waals surface area contributed by atoms with Gasteiger partial charge in [-0.15, -0.1) is 0 Å². The minimum Gasteiger partial charge on any atom is -0.362 e. The quantitative estimate of drug-likeness (QED) is 0.715. The first-order valence-electron chi connectivity index (χ1n) is 5.95. The number of alkyl halides is 3. The second kappa shape index (κ2) is 5.26. The Morgan fingerprint density at radius 1 is 1.00 bits per heavy atom. The fourth-order valence-electron chi connectivity index (χ4n) is 2.08. The molecule has 1 aliphatic heterocycles. The molecule has 0 saturated carbocycles. The Morgan fingerprint density at radius 3 is 2.06 bits per heavy atom. The van der Waals surface area contributed by atoms with Crippen LogP contribution in [0.2, 0.25) is 0 Å². The van der Waals surface area contributed by atoms with Crippen molar-refractivity contribution in [1.29, 1.82) is 0 Å². The molecule has 0 atom stereocenters. The Balaban J connectivity index is 2.11. The molecule has 1 fully saturated rings. The van der Waals surface area contributed by atoms with Crippen molar-refractivity contribution in [2.75, 3.05) is 13.1 Å². The summed E-state index contributed by atoms with van der Waals surface area (Å²) in [7, 11) is 0. The number of thiocarbonyl (C=S) groups is 1. The molecular formula is C13H14F3NS. The van der Waals surface area contributed by atoms with Crippen molar-refractivity contribution in [2.45, 2.75) is 25.4 Å². The van der Waals surface area contributed by atoms with Gasteiger partial charge >= 0.3 is 6.18 Å². The van der Waals surface area contributed by atoms with Gasteiger partial charge in [0.2, 0.25) is 0 Å². The molecule has 18 heavy (non-hydrogen) atoms. The lowest BCUT2D eigenvalue weighted by Crippen LogP contribution is -2.34. The third kappa shape index (κ3) is 3.02. The highest BCUT2D eigenvalue weighted by Gasteiger charge is 2.30. The molecule has 0 aromatic heterocycles. The number of benzene rings is 1. The van der Waals surface area contributed by atoms with Crippen molar-refractivity contribution in [3.63, 3.8) is 0 Å². The molecule has 0 amide bonds. The van der Waals surface area contributed by atoms with Crippen LogP contribution in [-0.4, -0.2) is 23.0 Å². The van der Waals surface area contributed by atoms with Gasteiger partial charge in [0.25, 0.3) is 0 Å². The Morgan fingerprint density at radius 2 is 1.56 bits per heavy atom. The first kappa shape index (κ1) is 13.3. The van der Waals surface area contributed by atoms with E-state index in [1.807, 2.05) is 0 Å². The fraction of sp³-hybridized carbons (Fsp3) is 0.462. The van der Waals surface area contributed by atoms with Crippen LogP contribution >= 0.6 is 12.2 Å². The summed E-state index contributed by atoms with van der Waals surface area (Å²) in [5.74, 6) is 0. The zero-order valence-corrected chi connectivity index (χ0v) is 10.7. The average molecular weight is 273 g/mol. The van der Waals surface area contributed by atoms with Crippen molar-refractivity contribution in [1.82, 2.24) is 4.90 Å². The van der Waals surface area contributed by atoms with Gasteiger partial charge in [0.15, 0.2) is 0 Å². The van der Waals surface area contributed by atoms with Crippen LogP contribution in [0.25, 0.3) is 0 Å². The standard InChI is InChI=1S/C13H14F3NS/c14-13(15,16)11-6-4-10(5-7-11)12(18)17-8-2-1-3-9-17/h4-7H,1-3,8-9H2. The first-order chi connectivity index (χ1) is 8.48. The molecule has 1 aromatic rings. The average Bonchev–Trinajstić information content (AvgIpc) is 2.38. The first-order valence-corrected chi connectivity index (χ1v) is 6.36. The van der Waals surface area contributed by atoms with Crippen LogP contribution in [0.5, 0.6) is 0 Å². The van der Waals surface area contributed by atoms with Crippen LogP contribution in [0.1, 0.15) is 30.4 Å². The fourth-order valence-corrected chi connectivity index (χ4v) is 2.40. The van der Waals surface area contributed by atoms with Crippen molar-refractivity contribution in [2.24, 2.45) is 0 Å². The molecule has 0 bridgehead atoms. The van der Waals surface area contributed by atoms with E-state index in [1.54, 1.807) is 0 Å². The van der Waals surface area contributed by atoms with E-state index in [1.165, 1.54) is 18.6 Å². The maximum absolute atomic E-state index is 12.4. The number of hydrogen-bond donors (Lipinski definition) is 0. The second-order valence-corrected chi connectivity index (χ2v) is 4.81. The highest BCUT2D eigenvalue weighted by molar-refractivity contribution is 7.80.